The zero-order valence-electron chi connectivity index (χ0n) is 13.2. The number of benzene rings is 2. The van der Waals surface area contributed by atoms with Crippen LogP contribution in [0.4, 0.5) is 5.69 Å². The number of halogens is 1. The number of carbonyl (C=O) groups is 1. The van der Waals surface area contributed by atoms with Gasteiger partial charge in [-0.1, -0.05) is 23.2 Å². The minimum absolute atomic E-state index is 0.225. The predicted molar refractivity (Wildman–Crippen MR) is 93.7 cm³/mol. The average Bonchev–Trinajstić information content (AvgIpc) is 2.84. The van der Waals surface area contributed by atoms with Gasteiger partial charge in [0.1, 0.15) is 11.4 Å². The zero-order chi connectivity index (χ0) is 16.6. The molecule has 1 aromatic heterocycles. The van der Waals surface area contributed by atoms with E-state index in [4.69, 9.17) is 16.3 Å². The molecule has 1 heterocycles. The van der Waals surface area contributed by atoms with Gasteiger partial charge in [-0.25, -0.2) is 0 Å². The van der Waals surface area contributed by atoms with E-state index in [-0.39, 0.29) is 5.91 Å². The standard InChI is InChI=1S/C18H17ClN2O2/c1-10-4-6-14-13(8-10)11(2)17(20-14)18(22)21-15-9-12(19)5-7-16(15)23-3/h4-9,20H,1-3H3,(H,21,22). The summed E-state index contributed by atoms with van der Waals surface area (Å²) in [5, 5.41) is 4.44. The summed E-state index contributed by atoms with van der Waals surface area (Å²) in [7, 11) is 1.55. The number of aryl methyl sites for hydroxylation is 2. The van der Waals surface area contributed by atoms with Crippen LogP contribution in [0.5, 0.6) is 5.75 Å². The summed E-state index contributed by atoms with van der Waals surface area (Å²) < 4.78 is 5.26. The molecule has 0 atom stereocenters. The van der Waals surface area contributed by atoms with Crippen molar-refractivity contribution < 1.29 is 9.53 Å². The first kappa shape index (κ1) is 15.4. The molecule has 0 aliphatic carbocycles. The highest BCUT2D eigenvalue weighted by Gasteiger charge is 2.16. The van der Waals surface area contributed by atoms with Crippen LogP contribution in [0.15, 0.2) is 36.4 Å². The van der Waals surface area contributed by atoms with E-state index >= 15 is 0 Å². The number of nitrogens with one attached hydrogen (secondary N) is 2. The van der Waals surface area contributed by atoms with Crippen molar-refractivity contribution in [1.29, 1.82) is 0 Å². The summed E-state index contributed by atoms with van der Waals surface area (Å²) in [5.74, 6) is 0.337. The van der Waals surface area contributed by atoms with Gasteiger partial charge in [0.15, 0.2) is 0 Å². The first-order chi connectivity index (χ1) is 11.0. The molecule has 3 aromatic rings. The Hall–Kier alpha value is -2.46. The van der Waals surface area contributed by atoms with Crippen molar-refractivity contribution in [3.05, 3.63) is 58.2 Å². The van der Waals surface area contributed by atoms with Crippen molar-refractivity contribution in [2.75, 3.05) is 12.4 Å². The number of methoxy groups -OCH3 is 1. The number of ether oxygens (including phenoxy) is 1. The molecule has 0 unspecified atom stereocenters. The van der Waals surface area contributed by atoms with E-state index in [2.05, 4.69) is 16.4 Å². The van der Waals surface area contributed by atoms with Crippen LogP contribution in [-0.2, 0) is 0 Å². The molecule has 1 amide bonds. The molecule has 0 aliphatic rings. The molecule has 5 heteroatoms. The maximum atomic E-state index is 12.6. The molecule has 4 nitrogen and oxygen atoms in total. The summed E-state index contributed by atoms with van der Waals surface area (Å²) in [6.45, 7) is 3.96. The molecule has 0 saturated carbocycles. The van der Waals surface area contributed by atoms with Gasteiger partial charge in [0.25, 0.3) is 5.91 Å². The number of H-pyrrole nitrogens is 1. The van der Waals surface area contributed by atoms with Crippen LogP contribution in [0.1, 0.15) is 21.6 Å². The van der Waals surface area contributed by atoms with E-state index in [0.717, 1.165) is 22.0 Å². The van der Waals surface area contributed by atoms with Crippen LogP contribution < -0.4 is 10.1 Å². The first-order valence-corrected chi connectivity index (χ1v) is 7.61. The highest BCUT2D eigenvalue weighted by Crippen LogP contribution is 2.29. The Labute approximate surface area is 139 Å². The van der Waals surface area contributed by atoms with E-state index < -0.39 is 0 Å². The molecule has 3 rings (SSSR count). The third-order valence-corrected chi connectivity index (χ3v) is 4.09. The Kier molecular flexibility index (Phi) is 4.01. The molecule has 0 aliphatic heterocycles. The first-order valence-electron chi connectivity index (χ1n) is 7.23. The van der Waals surface area contributed by atoms with Gasteiger partial charge in [0, 0.05) is 15.9 Å². The minimum atomic E-state index is -0.225. The van der Waals surface area contributed by atoms with Gasteiger partial charge in [-0.3, -0.25) is 4.79 Å². The van der Waals surface area contributed by atoms with E-state index in [0.29, 0.717) is 22.2 Å². The molecule has 0 bridgehead atoms. The monoisotopic (exact) mass is 328 g/mol. The van der Waals surface area contributed by atoms with E-state index in [9.17, 15) is 4.79 Å². The topological polar surface area (TPSA) is 54.1 Å². The predicted octanol–water partition coefficient (Wildman–Crippen LogP) is 4.70. The molecular weight excluding hydrogens is 312 g/mol. The van der Waals surface area contributed by atoms with Gasteiger partial charge < -0.3 is 15.0 Å². The van der Waals surface area contributed by atoms with Crippen molar-refractivity contribution >= 4 is 34.1 Å². The molecule has 2 N–H and O–H groups in total. The highest BCUT2D eigenvalue weighted by atomic mass is 35.5. The number of rotatable bonds is 3. The fourth-order valence-electron chi connectivity index (χ4n) is 2.63. The van der Waals surface area contributed by atoms with Crippen LogP contribution in [0.25, 0.3) is 10.9 Å². The van der Waals surface area contributed by atoms with Crippen molar-refractivity contribution in [3.8, 4) is 5.75 Å². The third-order valence-electron chi connectivity index (χ3n) is 3.85. The van der Waals surface area contributed by atoms with Crippen molar-refractivity contribution in [2.24, 2.45) is 0 Å². The van der Waals surface area contributed by atoms with Crippen molar-refractivity contribution in [2.45, 2.75) is 13.8 Å². The second-order valence-corrected chi connectivity index (χ2v) is 5.91. The lowest BCUT2D eigenvalue weighted by molar-refractivity contribution is 0.102. The average molecular weight is 329 g/mol. The highest BCUT2D eigenvalue weighted by molar-refractivity contribution is 6.31. The summed E-state index contributed by atoms with van der Waals surface area (Å²) >= 11 is 6.00. The van der Waals surface area contributed by atoms with Crippen molar-refractivity contribution in [3.63, 3.8) is 0 Å². The van der Waals surface area contributed by atoms with Gasteiger partial charge >= 0.3 is 0 Å². The Bertz CT molecular complexity index is 899. The zero-order valence-corrected chi connectivity index (χ0v) is 13.9. The number of aromatic amines is 1. The summed E-state index contributed by atoms with van der Waals surface area (Å²) in [6.07, 6.45) is 0. The quantitative estimate of drug-likeness (QED) is 0.732. The summed E-state index contributed by atoms with van der Waals surface area (Å²) in [5.41, 5.74) is 4.09. The molecular formula is C18H17ClN2O2. The molecule has 23 heavy (non-hydrogen) atoms. The number of amides is 1. The molecule has 0 spiro atoms. The van der Waals surface area contributed by atoms with Gasteiger partial charge in [-0.2, -0.15) is 0 Å². The maximum absolute atomic E-state index is 12.6. The van der Waals surface area contributed by atoms with E-state index in [1.54, 1.807) is 25.3 Å². The van der Waals surface area contributed by atoms with Crippen LogP contribution in [0.3, 0.4) is 0 Å². The van der Waals surface area contributed by atoms with Crippen LogP contribution in [0, 0.1) is 13.8 Å². The molecule has 0 saturated heterocycles. The van der Waals surface area contributed by atoms with Gasteiger partial charge in [-0.15, -0.1) is 0 Å². The number of carbonyl (C=O) groups excluding carboxylic acids is 1. The normalized spacial score (nSPS) is 10.8. The van der Waals surface area contributed by atoms with Crippen LogP contribution in [0.2, 0.25) is 5.02 Å². The Balaban J connectivity index is 1.98. The fraction of sp³-hybridized carbons (Fsp3) is 0.167. The van der Waals surface area contributed by atoms with Gasteiger partial charge in [0.05, 0.1) is 12.8 Å². The lowest BCUT2D eigenvalue weighted by atomic mass is 10.1. The Morgan fingerprint density at radius 1 is 1.17 bits per heavy atom. The Morgan fingerprint density at radius 2 is 1.96 bits per heavy atom. The smallest absolute Gasteiger partial charge is 0.272 e. The minimum Gasteiger partial charge on any atom is -0.495 e. The van der Waals surface area contributed by atoms with Crippen LogP contribution in [-0.4, -0.2) is 18.0 Å². The second kappa shape index (κ2) is 5.97. The number of anilines is 1. The Morgan fingerprint density at radius 3 is 2.70 bits per heavy atom. The number of hydrogen-bond donors (Lipinski definition) is 2. The summed E-state index contributed by atoms with van der Waals surface area (Å²) in [6, 6.07) is 11.2. The lowest BCUT2D eigenvalue weighted by Gasteiger charge is -2.10. The van der Waals surface area contributed by atoms with Crippen molar-refractivity contribution in [1.82, 2.24) is 4.98 Å². The number of aromatic nitrogens is 1. The maximum Gasteiger partial charge on any atom is 0.272 e. The lowest BCUT2D eigenvalue weighted by Crippen LogP contribution is -2.14. The summed E-state index contributed by atoms with van der Waals surface area (Å²) in [4.78, 5) is 15.8. The van der Waals surface area contributed by atoms with Gasteiger partial charge in [0.2, 0.25) is 0 Å². The number of fused-ring (bicyclic) bond motifs is 1. The third kappa shape index (κ3) is 2.90. The molecule has 2 aromatic carbocycles. The molecule has 0 fully saturated rings. The largest absolute Gasteiger partial charge is 0.495 e. The SMILES string of the molecule is COc1ccc(Cl)cc1NC(=O)c1[nH]c2ccc(C)cc2c1C. The second-order valence-electron chi connectivity index (χ2n) is 5.47. The van der Waals surface area contributed by atoms with Crippen LogP contribution >= 0.6 is 11.6 Å². The fourth-order valence-corrected chi connectivity index (χ4v) is 2.80. The van der Waals surface area contributed by atoms with E-state index in [1.807, 2.05) is 26.0 Å². The van der Waals surface area contributed by atoms with Gasteiger partial charge in [-0.05, 0) is 49.7 Å². The molecule has 118 valence electrons. The van der Waals surface area contributed by atoms with E-state index in [1.165, 1.54) is 0 Å². The number of hydrogen-bond acceptors (Lipinski definition) is 2. The molecule has 0 radical (unpaired) electrons.